The van der Waals surface area contributed by atoms with Crippen molar-refractivity contribution in [2.45, 2.75) is 181 Å². The van der Waals surface area contributed by atoms with Gasteiger partial charge in [-0.05, 0) is 12.8 Å². The highest BCUT2D eigenvalue weighted by atomic mass is 16.5. The highest BCUT2D eigenvalue weighted by Crippen LogP contribution is 2.14. The molecule has 187 valence electrons. The lowest BCUT2D eigenvalue weighted by atomic mass is 10.0. The van der Waals surface area contributed by atoms with Crippen LogP contribution in [0.3, 0.4) is 0 Å². The van der Waals surface area contributed by atoms with E-state index >= 15 is 0 Å². The number of ether oxygens (including phenoxy) is 1. The Kier molecular flexibility index (Phi) is 29.9. The molecule has 0 aliphatic carbocycles. The van der Waals surface area contributed by atoms with E-state index in [1.807, 2.05) is 0 Å². The SMILES string of the molecule is CCCCCCCCCCCCCCCCC[CH]OCCCCCCCCCCCC. The summed E-state index contributed by atoms with van der Waals surface area (Å²) in [5, 5.41) is 0. The Hall–Kier alpha value is -0.0400. The highest BCUT2D eigenvalue weighted by molar-refractivity contribution is 4.54. The van der Waals surface area contributed by atoms with Crippen LogP contribution in [0, 0.1) is 6.61 Å². The van der Waals surface area contributed by atoms with Crippen LogP contribution in [0.5, 0.6) is 0 Å². The molecule has 0 bridgehead atoms. The van der Waals surface area contributed by atoms with E-state index in [4.69, 9.17) is 4.74 Å². The lowest BCUT2D eigenvalue weighted by Crippen LogP contribution is -1.92. The quantitative estimate of drug-likeness (QED) is 0.111. The van der Waals surface area contributed by atoms with Gasteiger partial charge in [0.2, 0.25) is 0 Å². The van der Waals surface area contributed by atoms with Crippen molar-refractivity contribution < 1.29 is 4.74 Å². The molecule has 1 radical (unpaired) electrons. The summed E-state index contributed by atoms with van der Waals surface area (Å²) < 4.78 is 5.70. The average Bonchev–Trinajstić information content (AvgIpc) is 2.78. The van der Waals surface area contributed by atoms with E-state index in [2.05, 4.69) is 20.5 Å². The molecule has 0 aliphatic rings. The number of unbranched alkanes of at least 4 members (excludes halogenated alkanes) is 24. The van der Waals surface area contributed by atoms with Crippen molar-refractivity contribution in [3.63, 3.8) is 0 Å². The van der Waals surface area contributed by atoms with Crippen LogP contribution in [-0.4, -0.2) is 6.61 Å². The van der Waals surface area contributed by atoms with Crippen molar-refractivity contribution in [1.82, 2.24) is 0 Å². The predicted molar refractivity (Wildman–Crippen MR) is 142 cm³/mol. The van der Waals surface area contributed by atoms with E-state index in [9.17, 15) is 0 Å². The fourth-order valence-electron chi connectivity index (χ4n) is 4.44. The summed E-state index contributed by atoms with van der Waals surface area (Å²) in [6, 6.07) is 0. The van der Waals surface area contributed by atoms with Crippen LogP contribution in [-0.2, 0) is 4.74 Å². The minimum absolute atomic E-state index is 0.940. The van der Waals surface area contributed by atoms with Crippen LogP contribution in [0.15, 0.2) is 0 Å². The van der Waals surface area contributed by atoms with Crippen molar-refractivity contribution in [2.24, 2.45) is 0 Å². The third kappa shape index (κ3) is 30.0. The van der Waals surface area contributed by atoms with Crippen LogP contribution in [0.2, 0.25) is 0 Å². The summed E-state index contributed by atoms with van der Waals surface area (Å²) in [5.74, 6) is 0. The fraction of sp³-hybridized carbons (Fsp3) is 0.967. The Morgan fingerprint density at radius 3 is 1.00 bits per heavy atom. The summed E-state index contributed by atoms with van der Waals surface area (Å²) in [4.78, 5) is 0. The zero-order valence-corrected chi connectivity index (χ0v) is 22.1. The van der Waals surface area contributed by atoms with Gasteiger partial charge in [-0.2, -0.15) is 0 Å². The number of rotatable bonds is 28. The van der Waals surface area contributed by atoms with E-state index in [1.54, 1.807) is 0 Å². The van der Waals surface area contributed by atoms with E-state index in [-0.39, 0.29) is 0 Å². The minimum atomic E-state index is 0.940. The molecular formula is C30H61O. The van der Waals surface area contributed by atoms with Crippen molar-refractivity contribution in [1.29, 1.82) is 0 Å². The first-order chi connectivity index (χ1) is 15.4. The summed E-state index contributed by atoms with van der Waals surface area (Å²) >= 11 is 0. The molecule has 0 saturated carbocycles. The molecule has 0 saturated heterocycles. The molecule has 1 heteroatoms. The van der Waals surface area contributed by atoms with E-state index in [0.717, 1.165) is 13.0 Å². The molecule has 0 amide bonds. The number of hydrogen-bond acceptors (Lipinski definition) is 1. The second kappa shape index (κ2) is 30.0. The van der Waals surface area contributed by atoms with Crippen molar-refractivity contribution in [3.8, 4) is 0 Å². The van der Waals surface area contributed by atoms with Crippen LogP contribution in [0.4, 0.5) is 0 Å². The molecule has 0 unspecified atom stereocenters. The Morgan fingerprint density at radius 2 is 0.645 bits per heavy atom. The zero-order valence-electron chi connectivity index (χ0n) is 22.1. The normalized spacial score (nSPS) is 11.4. The van der Waals surface area contributed by atoms with Gasteiger partial charge in [0.15, 0.2) is 0 Å². The van der Waals surface area contributed by atoms with Crippen LogP contribution in [0.25, 0.3) is 0 Å². The summed E-state index contributed by atoms with van der Waals surface area (Å²) in [6.07, 6.45) is 36.7. The number of hydrogen-bond donors (Lipinski definition) is 0. The summed E-state index contributed by atoms with van der Waals surface area (Å²) in [6.45, 7) is 7.61. The highest BCUT2D eigenvalue weighted by Gasteiger charge is 1.96. The van der Waals surface area contributed by atoms with Gasteiger partial charge < -0.3 is 4.74 Å². The van der Waals surface area contributed by atoms with Crippen molar-refractivity contribution in [2.75, 3.05) is 6.61 Å². The lowest BCUT2D eigenvalue weighted by molar-refractivity contribution is 0.183. The zero-order chi connectivity index (χ0) is 22.5. The first-order valence-corrected chi connectivity index (χ1v) is 14.8. The first-order valence-electron chi connectivity index (χ1n) is 14.8. The Labute approximate surface area is 198 Å². The molecule has 31 heavy (non-hydrogen) atoms. The molecule has 0 aromatic rings. The maximum Gasteiger partial charge on any atom is 0.0836 e. The third-order valence-electron chi connectivity index (χ3n) is 6.66. The second-order valence-corrected chi connectivity index (χ2v) is 9.96. The maximum absolute atomic E-state index is 5.70. The molecule has 1 nitrogen and oxygen atoms in total. The second-order valence-electron chi connectivity index (χ2n) is 9.96. The monoisotopic (exact) mass is 437 g/mol. The summed E-state index contributed by atoms with van der Waals surface area (Å²) in [7, 11) is 0. The van der Waals surface area contributed by atoms with Gasteiger partial charge in [-0.25, -0.2) is 0 Å². The van der Waals surface area contributed by atoms with Crippen molar-refractivity contribution >= 4 is 0 Å². The van der Waals surface area contributed by atoms with Gasteiger partial charge in [0.1, 0.15) is 0 Å². The Balaban J connectivity index is 2.98. The van der Waals surface area contributed by atoms with E-state index < -0.39 is 0 Å². The topological polar surface area (TPSA) is 9.23 Å². The molecule has 0 atom stereocenters. The maximum atomic E-state index is 5.70. The van der Waals surface area contributed by atoms with E-state index in [0.29, 0.717) is 0 Å². The van der Waals surface area contributed by atoms with E-state index in [1.165, 1.54) is 161 Å². The van der Waals surface area contributed by atoms with Gasteiger partial charge in [-0.3, -0.25) is 0 Å². The molecule has 0 spiro atoms. The predicted octanol–water partition coefficient (Wildman–Crippen LogP) is 11.3. The van der Waals surface area contributed by atoms with Gasteiger partial charge in [0, 0.05) is 6.61 Å². The Morgan fingerprint density at radius 1 is 0.355 bits per heavy atom. The Bertz CT molecular complexity index is 260. The van der Waals surface area contributed by atoms with Crippen LogP contribution >= 0.6 is 0 Å². The molecule has 0 aromatic heterocycles. The molecule has 0 fully saturated rings. The van der Waals surface area contributed by atoms with Gasteiger partial charge in [0.05, 0.1) is 6.61 Å². The first kappa shape index (κ1) is 31.0. The fourth-order valence-corrected chi connectivity index (χ4v) is 4.44. The average molecular weight is 438 g/mol. The molecule has 0 rings (SSSR count). The summed E-state index contributed by atoms with van der Waals surface area (Å²) in [5.41, 5.74) is 0. The van der Waals surface area contributed by atoms with Crippen molar-refractivity contribution in [3.05, 3.63) is 6.61 Å². The standard InChI is InChI=1S/C30H61O/c1-3-5-7-9-11-13-15-16-17-18-19-20-22-24-26-28-30-31-29-27-25-23-21-14-12-10-8-6-4-2/h30H,3-29H2,1-2H3. The molecule has 0 aliphatic heterocycles. The van der Waals surface area contributed by atoms with Gasteiger partial charge in [-0.15, -0.1) is 0 Å². The molecule has 0 heterocycles. The van der Waals surface area contributed by atoms with Crippen LogP contribution < -0.4 is 0 Å². The molecular weight excluding hydrogens is 376 g/mol. The van der Waals surface area contributed by atoms with Gasteiger partial charge in [-0.1, -0.05) is 168 Å². The van der Waals surface area contributed by atoms with Gasteiger partial charge in [0.25, 0.3) is 0 Å². The largest absolute Gasteiger partial charge is 0.376 e. The third-order valence-corrected chi connectivity index (χ3v) is 6.66. The van der Waals surface area contributed by atoms with Crippen LogP contribution in [0.1, 0.15) is 181 Å². The molecule has 0 aromatic carbocycles. The minimum Gasteiger partial charge on any atom is -0.376 e. The lowest BCUT2D eigenvalue weighted by Gasteiger charge is -2.05. The smallest absolute Gasteiger partial charge is 0.0836 e. The molecule has 0 N–H and O–H groups in total. The van der Waals surface area contributed by atoms with Gasteiger partial charge >= 0.3 is 0 Å².